The molecule has 1 saturated heterocycles. The zero-order valence-electron chi connectivity index (χ0n) is 14.5. The predicted molar refractivity (Wildman–Crippen MR) is 92.3 cm³/mol. The summed E-state index contributed by atoms with van der Waals surface area (Å²) < 4.78 is 26.4. The molecule has 0 aromatic heterocycles. The summed E-state index contributed by atoms with van der Waals surface area (Å²) in [7, 11) is -2.27. The van der Waals surface area contributed by atoms with Crippen LogP contribution in [0, 0.1) is 17.3 Å². The minimum absolute atomic E-state index is 0.333. The number of benzene rings is 1. The molecule has 22 heavy (non-hydrogen) atoms. The molecule has 0 spiro atoms. The maximum absolute atomic E-state index is 14.4. The van der Waals surface area contributed by atoms with E-state index in [9.17, 15) is 4.39 Å². The molecule has 0 radical (unpaired) electrons. The van der Waals surface area contributed by atoms with Gasteiger partial charge in [0.15, 0.2) is 0 Å². The Morgan fingerprint density at radius 2 is 1.59 bits per heavy atom. The quantitative estimate of drug-likeness (QED) is 0.584. The molecule has 5 heteroatoms. The average molecular weight is 318 g/mol. The zero-order chi connectivity index (χ0) is 16.8. The summed E-state index contributed by atoms with van der Waals surface area (Å²) in [6.07, 6.45) is 0. The van der Waals surface area contributed by atoms with Gasteiger partial charge in [-0.25, -0.2) is 4.39 Å². The predicted octanol–water partition coefficient (Wildman–Crippen LogP) is 3.35. The minimum atomic E-state index is -1.54. The fraction of sp³-hybridized carbons (Fsp3) is 0.529. The molecular formula is C17H24BFO2Si. The monoisotopic (exact) mass is 318 g/mol. The molecule has 1 heterocycles. The van der Waals surface area contributed by atoms with Crippen LogP contribution in [-0.4, -0.2) is 26.4 Å². The molecule has 0 N–H and O–H groups in total. The van der Waals surface area contributed by atoms with Crippen molar-refractivity contribution in [2.75, 3.05) is 0 Å². The fourth-order valence-electron chi connectivity index (χ4n) is 2.10. The summed E-state index contributed by atoms with van der Waals surface area (Å²) in [5.41, 5.74) is 3.35. The van der Waals surface area contributed by atoms with Gasteiger partial charge in [0.25, 0.3) is 0 Å². The fourth-order valence-corrected chi connectivity index (χ4v) is 2.61. The van der Waals surface area contributed by atoms with Crippen LogP contribution in [0.2, 0.25) is 19.6 Å². The third kappa shape index (κ3) is 3.45. The van der Waals surface area contributed by atoms with E-state index in [0.717, 1.165) is 0 Å². The van der Waals surface area contributed by atoms with E-state index < -0.39 is 26.4 Å². The van der Waals surface area contributed by atoms with Crippen molar-refractivity contribution < 1.29 is 13.7 Å². The average Bonchev–Trinajstić information content (AvgIpc) is 2.54. The van der Waals surface area contributed by atoms with E-state index in [1.165, 1.54) is 6.07 Å². The van der Waals surface area contributed by atoms with Crippen molar-refractivity contribution in [3.05, 3.63) is 29.6 Å². The van der Waals surface area contributed by atoms with Crippen LogP contribution in [0.15, 0.2) is 18.2 Å². The van der Waals surface area contributed by atoms with Gasteiger partial charge in [-0.1, -0.05) is 31.6 Å². The molecule has 0 saturated carbocycles. The third-order valence-electron chi connectivity index (χ3n) is 4.11. The first-order valence-electron chi connectivity index (χ1n) is 7.60. The highest BCUT2D eigenvalue weighted by Crippen LogP contribution is 2.36. The van der Waals surface area contributed by atoms with E-state index in [4.69, 9.17) is 9.31 Å². The molecule has 118 valence electrons. The molecule has 0 atom stereocenters. The number of halogens is 1. The van der Waals surface area contributed by atoms with Gasteiger partial charge in [-0.05, 0) is 39.8 Å². The van der Waals surface area contributed by atoms with Crippen LogP contribution in [0.3, 0.4) is 0 Å². The molecule has 2 nitrogen and oxygen atoms in total. The Bertz CT molecular complexity index is 622. The molecule has 2 rings (SSSR count). The maximum Gasteiger partial charge on any atom is 0.499 e. The smallest absolute Gasteiger partial charge is 0.399 e. The van der Waals surface area contributed by atoms with Gasteiger partial charge < -0.3 is 9.31 Å². The van der Waals surface area contributed by atoms with Crippen molar-refractivity contribution >= 4 is 20.7 Å². The maximum atomic E-state index is 14.4. The van der Waals surface area contributed by atoms with Crippen LogP contribution in [0.25, 0.3) is 0 Å². The van der Waals surface area contributed by atoms with Crippen LogP contribution < -0.4 is 5.46 Å². The molecule has 1 aromatic rings. The van der Waals surface area contributed by atoms with Crippen molar-refractivity contribution in [1.82, 2.24) is 0 Å². The SMILES string of the molecule is CC1(C)OB(c2c(F)cccc2C#C[Si](C)(C)C)OC1(C)C. The summed E-state index contributed by atoms with van der Waals surface area (Å²) in [5, 5.41) is 0. The first-order valence-corrected chi connectivity index (χ1v) is 11.1. The molecule has 1 aromatic carbocycles. The highest BCUT2D eigenvalue weighted by Gasteiger charge is 2.53. The summed E-state index contributed by atoms with van der Waals surface area (Å²) >= 11 is 0. The normalized spacial score (nSPS) is 19.7. The van der Waals surface area contributed by atoms with Gasteiger partial charge in [0.1, 0.15) is 13.9 Å². The number of rotatable bonds is 1. The van der Waals surface area contributed by atoms with Gasteiger partial charge in [-0.2, -0.15) is 0 Å². The zero-order valence-corrected chi connectivity index (χ0v) is 15.5. The lowest BCUT2D eigenvalue weighted by molar-refractivity contribution is 0.00578. The van der Waals surface area contributed by atoms with Crippen molar-refractivity contribution in [3.63, 3.8) is 0 Å². The molecular weight excluding hydrogens is 294 g/mol. The standard InChI is InChI=1S/C17H24BFO2Si/c1-16(2)17(3,4)21-18(20-16)15-13(9-8-10-14(15)19)11-12-22(5,6)7/h8-10H,1-7H3. The van der Waals surface area contributed by atoms with Gasteiger partial charge in [0.05, 0.1) is 11.2 Å². The lowest BCUT2D eigenvalue weighted by atomic mass is 9.75. The molecule has 0 bridgehead atoms. The van der Waals surface area contributed by atoms with E-state index in [1.807, 2.05) is 33.8 Å². The van der Waals surface area contributed by atoms with Gasteiger partial charge in [0.2, 0.25) is 0 Å². The molecule has 0 aliphatic carbocycles. The van der Waals surface area contributed by atoms with E-state index in [0.29, 0.717) is 11.0 Å². The first kappa shape index (κ1) is 17.3. The van der Waals surface area contributed by atoms with E-state index >= 15 is 0 Å². The molecule has 1 aliphatic rings. The topological polar surface area (TPSA) is 18.5 Å². The summed E-state index contributed by atoms with van der Waals surface area (Å²) in [6.45, 7) is 14.3. The molecule has 1 aliphatic heterocycles. The van der Waals surface area contributed by atoms with Crippen LogP contribution in [0.4, 0.5) is 4.39 Å². The Hall–Kier alpha value is -1.09. The third-order valence-corrected chi connectivity index (χ3v) is 4.99. The molecule has 0 amide bonds. The second-order valence-corrected chi connectivity index (χ2v) is 12.5. The molecule has 1 fully saturated rings. The van der Waals surface area contributed by atoms with Crippen molar-refractivity contribution in [2.45, 2.75) is 58.5 Å². The second-order valence-electron chi connectivity index (χ2n) is 7.79. The number of hydrogen-bond acceptors (Lipinski definition) is 2. The first-order chi connectivity index (χ1) is 9.93. The second kappa shape index (κ2) is 5.52. The van der Waals surface area contributed by atoms with Crippen LogP contribution in [-0.2, 0) is 9.31 Å². The lowest BCUT2D eigenvalue weighted by Crippen LogP contribution is -2.41. The van der Waals surface area contributed by atoms with Crippen molar-refractivity contribution in [2.24, 2.45) is 0 Å². The van der Waals surface area contributed by atoms with Crippen LogP contribution in [0.5, 0.6) is 0 Å². The van der Waals surface area contributed by atoms with Gasteiger partial charge in [0, 0.05) is 11.0 Å². The Kier molecular flexibility index (Phi) is 4.33. The Labute approximate surface area is 134 Å². The van der Waals surface area contributed by atoms with Crippen molar-refractivity contribution in [3.8, 4) is 11.5 Å². The Morgan fingerprint density at radius 1 is 1.05 bits per heavy atom. The van der Waals surface area contributed by atoms with E-state index in [-0.39, 0.29) is 5.82 Å². The van der Waals surface area contributed by atoms with Crippen molar-refractivity contribution in [1.29, 1.82) is 0 Å². The van der Waals surface area contributed by atoms with Gasteiger partial charge in [-0.3, -0.25) is 0 Å². The summed E-state index contributed by atoms with van der Waals surface area (Å²) in [6, 6.07) is 4.94. The van der Waals surface area contributed by atoms with E-state index in [1.54, 1.807) is 6.07 Å². The Balaban J connectivity index is 2.46. The highest BCUT2D eigenvalue weighted by atomic mass is 28.3. The molecule has 0 unspecified atom stereocenters. The van der Waals surface area contributed by atoms with Crippen LogP contribution >= 0.6 is 0 Å². The Morgan fingerprint density at radius 3 is 2.09 bits per heavy atom. The van der Waals surface area contributed by atoms with Gasteiger partial charge >= 0.3 is 7.12 Å². The van der Waals surface area contributed by atoms with Gasteiger partial charge in [-0.15, -0.1) is 5.54 Å². The summed E-state index contributed by atoms with van der Waals surface area (Å²) in [5.74, 6) is 2.80. The largest absolute Gasteiger partial charge is 0.499 e. The lowest BCUT2D eigenvalue weighted by Gasteiger charge is -2.32. The summed E-state index contributed by atoms with van der Waals surface area (Å²) in [4.78, 5) is 0. The number of hydrogen-bond donors (Lipinski definition) is 0. The van der Waals surface area contributed by atoms with E-state index in [2.05, 4.69) is 31.1 Å². The minimum Gasteiger partial charge on any atom is -0.399 e. The van der Waals surface area contributed by atoms with Crippen LogP contribution in [0.1, 0.15) is 33.3 Å². The highest BCUT2D eigenvalue weighted by molar-refractivity contribution is 6.84.